The van der Waals surface area contributed by atoms with Crippen molar-refractivity contribution in [3.05, 3.63) is 11.2 Å². The van der Waals surface area contributed by atoms with Crippen LogP contribution in [0, 0.1) is 0 Å². The standard InChI is InChI=1S/C11H17ClN4O/c1-16(7-11(17)4-2-3-5-11)9-6-8(12)14-10(13)15-9/h6,17H,2-5,7H2,1H3,(H2,13,14,15). The van der Waals surface area contributed by atoms with E-state index in [9.17, 15) is 5.11 Å². The minimum atomic E-state index is -0.610. The highest BCUT2D eigenvalue weighted by Gasteiger charge is 2.32. The summed E-state index contributed by atoms with van der Waals surface area (Å²) in [7, 11) is 1.87. The Balaban J connectivity index is 2.11. The predicted molar refractivity (Wildman–Crippen MR) is 68.1 cm³/mol. The first kappa shape index (κ1) is 12.4. The maximum Gasteiger partial charge on any atom is 0.223 e. The lowest BCUT2D eigenvalue weighted by Crippen LogP contribution is -2.39. The summed E-state index contributed by atoms with van der Waals surface area (Å²) in [6.45, 7) is 0.541. The van der Waals surface area contributed by atoms with Gasteiger partial charge in [-0.05, 0) is 12.8 Å². The van der Waals surface area contributed by atoms with Gasteiger partial charge in [0.05, 0.1) is 5.60 Å². The Morgan fingerprint density at radius 1 is 1.47 bits per heavy atom. The highest BCUT2D eigenvalue weighted by Crippen LogP contribution is 2.31. The van der Waals surface area contributed by atoms with Gasteiger partial charge in [0.2, 0.25) is 5.95 Å². The molecule has 2 rings (SSSR count). The molecule has 1 aliphatic rings. The van der Waals surface area contributed by atoms with Crippen molar-refractivity contribution < 1.29 is 5.11 Å². The van der Waals surface area contributed by atoms with E-state index in [0.717, 1.165) is 25.7 Å². The van der Waals surface area contributed by atoms with E-state index >= 15 is 0 Å². The average molecular weight is 257 g/mol. The van der Waals surface area contributed by atoms with E-state index in [2.05, 4.69) is 9.97 Å². The summed E-state index contributed by atoms with van der Waals surface area (Å²) in [4.78, 5) is 9.78. The Hall–Kier alpha value is -1.07. The minimum absolute atomic E-state index is 0.151. The molecule has 5 nitrogen and oxygen atoms in total. The maximum atomic E-state index is 10.3. The van der Waals surface area contributed by atoms with Crippen LogP contribution in [0.5, 0.6) is 0 Å². The predicted octanol–water partition coefficient (Wildman–Crippen LogP) is 1.45. The molecular weight excluding hydrogens is 240 g/mol. The van der Waals surface area contributed by atoms with Gasteiger partial charge in [-0.25, -0.2) is 4.98 Å². The second-order valence-electron chi connectivity index (χ2n) is 4.69. The molecule has 0 radical (unpaired) electrons. The van der Waals surface area contributed by atoms with Crippen LogP contribution in [-0.2, 0) is 0 Å². The van der Waals surface area contributed by atoms with Crippen molar-refractivity contribution in [2.45, 2.75) is 31.3 Å². The zero-order valence-corrected chi connectivity index (χ0v) is 10.6. The molecule has 0 saturated heterocycles. The normalized spacial score (nSPS) is 18.3. The van der Waals surface area contributed by atoms with Crippen molar-refractivity contribution in [2.75, 3.05) is 24.2 Å². The van der Waals surface area contributed by atoms with E-state index < -0.39 is 5.60 Å². The third-order valence-electron chi connectivity index (χ3n) is 3.16. The molecular formula is C11H17ClN4O. The summed E-state index contributed by atoms with van der Waals surface area (Å²) >= 11 is 5.83. The van der Waals surface area contributed by atoms with Gasteiger partial charge in [0, 0.05) is 19.7 Å². The van der Waals surface area contributed by atoms with E-state index in [1.54, 1.807) is 6.07 Å². The molecule has 0 unspecified atom stereocenters. The highest BCUT2D eigenvalue weighted by atomic mass is 35.5. The van der Waals surface area contributed by atoms with Gasteiger partial charge in [0.25, 0.3) is 0 Å². The zero-order chi connectivity index (χ0) is 12.5. The van der Waals surface area contributed by atoms with E-state index in [1.807, 2.05) is 11.9 Å². The monoisotopic (exact) mass is 256 g/mol. The molecule has 0 amide bonds. The molecule has 6 heteroatoms. The second kappa shape index (κ2) is 4.66. The molecule has 1 saturated carbocycles. The number of anilines is 2. The van der Waals surface area contributed by atoms with Gasteiger partial charge in [-0.1, -0.05) is 24.4 Å². The number of aromatic nitrogens is 2. The van der Waals surface area contributed by atoms with Crippen LogP contribution in [0.1, 0.15) is 25.7 Å². The van der Waals surface area contributed by atoms with Crippen molar-refractivity contribution in [2.24, 2.45) is 0 Å². The number of halogens is 1. The lowest BCUT2D eigenvalue weighted by molar-refractivity contribution is 0.0558. The number of hydrogen-bond acceptors (Lipinski definition) is 5. The van der Waals surface area contributed by atoms with Gasteiger partial charge >= 0.3 is 0 Å². The quantitative estimate of drug-likeness (QED) is 0.801. The average Bonchev–Trinajstić information content (AvgIpc) is 2.63. The van der Waals surface area contributed by atoms with Gasteiger partial charge in [-0.2, -0.15) is 4.98 Å². The summed E-state index contributed by atoms with van der Waals surface area (Å²) in [6, 6.07) is 1.65. The number of nitrogens with zero attached hydrogens (tertiary/aromatic N) is 3. The van der Waals surface area contributed by atoms with Crippen LogP contribution >= 0.6 is 11.6 Å². The van der Waals surface area contributed by atoms with Gasteiger partial charge in [0.1, 0.15) is 11.0 Å². The summed E-state index contributed by atoms with van der Waals surface area (Å²) < 4.78 is 0. The Bertz CT molecular complexity index is 386. The summed E-state index contributed by atoms with van der Waals surface area (Å²) in [6.07, 6.45) is 3.84. The zero-order valence-electron chi connectivity index (χ0n) is 9.86. The molecule has 1 aromatic heterocycles. The first-order chi connectivity index (χ1) is 7.98. The fraction of sp³-hybridized carbons (Fsp3) is 0.636. The van der Waals surface area contributed by atoms with Crippen LogP contribution in [-0.4, -0.2) is 34.3 Å². The topological polar surface area (TPSA) is 75.3 Å². The van der Waals surface area contributed by atoms with Crippen molar-refractivity contribution in [1.29, 1.82) is 0 Å². The highest BCUT2D eigenvalue weighted by molar-refractivity contribution is 6.29. The van der Waals surface area contributed by atoms with Crippen molar-refractivity contribution in [3.8, 4) is 0 Å². The molecule has 1 fully saturated rings. The molecule has 1 aliphatic carbocycles. The van der Waals surface area contributed by atoms with E-state index in [0.29, 0.717) is 17.5 Å². The minimum Gasteiger partial charge on any atom is -0.388 e. The summed E-state index contributed by atoms with van der Waals surface area (Å²) in [5.74, 6) is 0.792. The summed E-state index contributed by atoms with van der Waals surface area (Å²) in [5, 5.41) is 10.6. The lowest BCUT2D eigenvalue weighted by atomic mass is 10.0. The van der Waals surface area contributed by atoms with Crippen molar-refractivity contribution in [3.63, 3.8) is 0 Å². The maximum absolute atomic E-state index is 10.3. The second-order valence-corrected chi connectivity index (χ2v) is 5.08. The van der Waals surface area contributed by atoms with Crippen molar-refractivity contribution in [1.82, 2.24) is 9.97 Å². The number of hydrogen-bond donors (Lipinski definition) is 2. The van der Waals surface area contributed by atoms with Crippen LogP contribution in [0.3, 0.4) is 0 Å². The molecule has 0 spiro atoms. The number of nitrogen functional groups attached to an aromatic ring is 1. The van der Waals surface area contributed by atoms with Crippen LogP contribution < -0.4 is 10.6 Å². The van der Waals surface area contributed by atoms with Crippen LogP contribution in [0.25, 0.3) is 0 Å². The SMILES string of the molecule is CN(CC1(O)CCCC1)c1cc(Cl)nc(N)n1. The molecule has 94 valence electrons. The van der Waals surface area contributed by atoms with Crippen LogP contribution in [0.4, 0.5) is 11.8 Å². The van der Waals surface area contributed by atoms with E-state index in [1.165, 1.54) is 0 Å². The molecule has 3 N–H and O–H groups in total. The largest absolute Gasteiger partial charge is 0.388 e. The Morgan fingerprint density at radius 3 is 2.71 bits per heavy atom. The van der Waals surface area contributed by atoms with Gasteiger partial charge < -0.3 is 15.7 Å². The van der Waals surface area contributed by atoms with Gasteiger partial charge in [-0.3, -0.25) is 0 Å². The lowest BCUT2D eigenvalue weighted by Gasteiger charge is -2.29. The Kier molecular flexibility index (Phi) is 3.40. The fourth-order valence-electron chi connectivity index (χ4n) is 2.33. The molecule has 0 atom stereocenters. The van der Waals surface area contributed by atoms with Crippen LogP contribution in [0.15, 0.2) is 6.07 Å². The molecule has 17 heavy (non-hydrogen) atoms. The molecule has 1 heterocycles. The molecule has 0 aliphatic heterocycles. The number of likely N-dealkylation sites (N-methyl/N-ethyl adjacent to an activating group) is 1. The molecule has 0 bridgehead atoms. The van der Waals surface area contributed by atoms with E-state index in [-0.39, 0.29) is 5.95 Å². The smallest absolute Gasteiger partial charge is 0.223 e. The number of rotatable bonds is 3. The Labute approximate surface area is 106 Å². The van der Waals surface area contributed by atoms with Gasteiger partial charge in [0.15, 0.2) is 0 Å². The fourth-order valence-corrected chi connectivity index (χ4v) is 2.52. The number of aliphatic hydroxyl groups is 1. The Morgan fingerprint density at radius 2 is 2.12 bits per heavy atom. The van der Waals surface area contributed by atoms with Gasteiger partial charge in [-0.15, -0.1) is 0 Å². The van der Waals surface area contributed by atoms with E-state index in [4.69, 9.17) is 17.3 Å². The number of nitrogens with two attached hydrogens (primary N) is 1. The third-order valence-corrected chi connectivity index (χ3v) is 3.35. The van der Waals surface area contributed by atoms with Crippen LogP contribution in [0.2, 0.25) is 5.15 Å². The van der Waals surface area contributed by atoms with Crippen molar-refractivity contribution >= 4 is 23.4 Å². The third kappa shape index (κ3) is 2.98. The summed E-state index contributed by atoms with van der Waals surface area (Å²) in [5.41, 5.74) is 4.93. The first-order valence-electron chi connectivity index (χ1n) is 5.72. The molecule has 1 aromatic rings. The first-order valence-corrected chi connectivity index (χ1v) is 6.10. The molecule has 0 aromatic carbocycles.